The number of likely N-dealkylation sites (N-methyl/N-ethyl adjacent to an activating group) is 1. The van der Waals surface area contributed by atoms with Crippen LogP contribution in [0.15, 0.2) is 0 Å². The van der Waals surface area contributed by atoms with Crippen LogP contribution >= 0.6 is 0 Å². The maximum atomic E-state index is 3.58. The average Bonchev–Trinajstić information content (AvgIpc) is 2.16. The molecule has 1 aliphatic rings. The Balaban J connectivity index is 2.07. The Morgan fingerprint density at radius 1 is 1.38 bits per heavy atom. The van der Waals surface area contributed by atoms with E-state index in [1.165, 1.54) is 51.7 Å². The Hall–Kier alpha value is -0.0800. The monoisotopic (exact) mass is 184 g/mol. The van der Waals surface area contributed by atoms with Crippen molar-refractivity contribution < 1.29 is 0 Å². The number of rotatable bonds is 5. The Labute approximate surface area is 82.7 Å². The van der Waals surface area contributed by atoms with Gasteiger partial charge in [0.25, 0.3) is 0 Å². The zero-order chi connectivity index (χ0) is 9.52. The molecule has 1 saturated heterocycles. The van der Waals surface area contributed by atoms with Gasteiger partial charge < -0.3 is 10.2 Å². The van der Waals surface area contributed by atoms with E-state index in [2.05, 4.69) is 24.2 Å². The summed E-state index contributed by atoms with van der Waals surface area (Å²) >= 11 is 0. The quantitative estimate of drug-likeness (QED) is 0.701. The van der Waals surface area contributed by atoms with Gasteiger partial charge in [0.15, 0.2) is 0 Å². The highest BCUT2D eigenvalue weighted by atomic mass is 15.1. The van der Waals surface area contributed by atoms with E-state index in [-0.39, 0.29) is 0 Å². The van der Waals surface area contributed by atoms with Crippen molar-refractivity contribution in [2.45, 2.75) is 45.1 Å². The number of unbranched alkanes of at least 4 members (excludes halogenated alkanes) is 1. The van der Waals surface area contributed by atoms with E-state index in [0.29, 0.717) is 0 Å². The summed E-state index contributed by atoms with van der Waals surface area (Å²) in [4.78, 5) is 2.46. The Bertz CT molecular complexity index is 119. The highest BCUT2D eigenvalue weighted by Gasteiger charge is 2.13. The summed E-state index contributed by atoms with van der Waals surface area (Å²) < 4.78 is 0. The van der Waals surface area contributed by atoms with Crippen LogP contribution in [0.2, 0.25) is 0 Å². The number of piperidine rings is 1. The topological polar surface area (TPSA) is 15.3 Å². The van der Waals surface area contributed by atoms with Crippen LogP contribution in [0.1, 0.15) is 39.0 Å². The van der Waals surface area contributed by atoms with Gasteiger partial charge in [0.2, 0.25) is 0 Å². The van der Waals surface area contributed by atoms with Gasteiger partial charge >= 0.3 is 0 Å². The van der Waals surface area contributed by atoms with E-state index in [0.717, 1.165) is 6.04 Å². The molecule has 0 aliphatic carbocycles. The molecular formula is C11H24N2. The SMILES string of the molecule is CCCCN(C)C[C@@H]1CCCCN1. The Kier molecular flexibility index (Phi) is 5.40. The number of hydrogen-bond acceptors (Lipinski definition) is 2. The van der Waals surface area contributed by atoms with Crippen LogP contribution in [-0.2, 0) is 0 Å². The van der Waals surface area contributed by atoms with Crippen LogP contribution < -0.4 is 5.32 Å². The molecule has 0 saturated carbocycles. The molecule has 1 N–H and O–H groups in total. The van der Waals surface area contributed by atoms with Crippen molar-refractivity contribution in [1.29, 1.82) is 0 Å². The van der Waals surface area contributed by atoms with Gasteiger partial charge in [0, 0.05) is 12.6 Å². The zero-order valence-electron chi connectivity index (χ0n) is 9.18. The third-order valence-corrected chi connectivity index (χ3v) is 2.84. The number of hydrogen-bond donors (Lipinski definition) is 1. The van der Waals surface area contributed by atoms with Crippen LogP contribution in [-0.4, -0.2) is 37.6 Å². The highest BCUT2D eigenvalue weighted by molar-refractivity contribution is 4.74. The van der Waals surface area contributed by atoms with Crippen molar-refractivity contribution in [3.05, 3.63) is 0 Å². The zero-order valence-corrected chi connectivity index (χ0v) is 9.18. The minimum absolute atomic E-state index is 0.760. The summed E-state index contributed by atoms with van der Waals surface area (Å²) in [5.74, 6) is 0. The molecule has 0 aromatic carbocycles. The molecule has 0 bridgehead atoms. The highest BCUT2D eigenvalue weighted by Crippen LogP contribution is 2.07. The van der Waals surface area contributed by atoms with Gasteiger partial charge in [-0.05, 0) is 39.4 Å². The number of nitrogens with zero attached hydrogens (tertiary/aromatic N) is 1. The van der Waals surface area contributed by atoms with E-state index in [4.69, 9.17) is 0 Å². The predicted molar refractivity (Wildman–Crippen MR) is 58.0 cm³/mol. The first-order valence-corrected chi connectivity index (χ1v) is 5.75. The van der Waals surface area contributed by atoms with E-state index < -0.39 is 0 Å². The fraction of sp³-hybridized carbons (Fsp3) is 1.00. The van der Waals surface area contributed by atoms with Gasteiger partial charge in [-0.2, -0.15) is 0 Å². The molecule has 0 amide bonds. The largest absolute Gasteiger partial charge is 0.313 e. The van der Waals surface area contributed by atoms with Crippen LogP contribution in [0.25, 0.3) is 0 Å². The molecule has 1 rings (SSSR count). The Morgan fingerprint density at radius 3 is 2.85 bits per heavy atom. The lowest BCUT2D eigenvalue weighted by molar-refractivity contribution is 0.259. The molecule has 2 nitrogen and oxygen atoms in total. The first-order chi connectivity index (χ1) is 6.33. The van der Waals surface area contributed by atoms with E-state index >= 15 is 0 Å². The summed E-state index contributed by atoms with van der Waals surface area (Å²) in [6, 6.07) is 0.760. The van der Waals surface area contributed by atoms with Crippen LogP contribution in [0.5, 0.6) is 0 Å². The summed E-state index contributed by atoms with van der Waals surface area (Å²) in [7, 11) is 2.24. The number of nitrogens with one attached hydrogen (secondary N) is 1. The van der Waals surface area contributed by atoms with E-state index in [9.17, 15) is 0 Å². The molecule has 1 aliphatic heterocycles. The summed E-state index contributed by atoms with van der Waals surface area (Å²) in [5, 5.41) is 3.58. The predicted octanol–water partition coefficient (Wildman–Crippen LogP) is 1.86. The summed E-state index contributed by atoms with van der Waals surface area (Å²) in [6.45, 7) is 5.98. The molecule has 2 heteroatoms. The second kappa shape index (κ2) is 6.39. The minimum atomic E-state index is 0.760. The van der Waals surface area contributed by atoms with Crippen molar-refractivity contribution >= 4 is 0 Å². The normalized spacial score (nSPS) is 23.8. The van der Waals surface area contributed by atoms with Crippen molar-refractivity contribution in [3.8, 4) is 0 Å². The van der Waals surface area contributed by atoms with Crippen molar-refractivity contribution in [2.75, 3.05) is 26.7 Å². The molecule has 1 heterocycles. The first kappa shape index (κ1) is 11.0. The van der Waals surface area contributed by atoms with E-state index in [1.807, 2.05) is 0 Å². The van der Waals surface area contributed by atoms with Gasteiger partial charge in [-0.1, -0.05) is 19.8 Å². The summed E-state index contributed by atoms with van der Waals surface area (Å²) in [6.07, 6.45) is 6.80. The fourth-order valence-electron chi connectivity index (χ4n) is 1.98. The fourth-order valence-corrected chi connectivity index (χ4v) is 1.98. The second-order valence-corrected chi connectivity index (χ2v) is 4.26. The smallest absolute Gasteiger partial charge is 0.0194 e. The Morgan fingerprint density at radius 2 is 2.23 bits per heavy atom. The molecule has 0 unspecified atom stereocenters. The van der Waals surface area contributed by atoms with Crippen LogP contribution in [0.3, 0.4) is 0 Å². The molecule has 1 fully saturated rings. The molecule has 0 spiro atoms. The lowest BCUT2D eigenvalue weighted by Crippen LogP contribution is -2.42. The molecule has 13 heavy (non-hydrogen) atoms. The maximum absolute atomic E-state index is 3.58. The lowest BCUT2D eigenvalue weighted by Gasteiger charge is -2.28. The second-order valence-electron chi connectivity index (χ2n) is 4.26. The van der Waals surface area contributed by atoms with Crippen molar-refractivity contribution in [2.24, 2.45) is 0 Å². The van der Waals surface area contributed by atoms with E-state index in [1.54, 1.807) is 0 Å². The molecule has 0 aromatic rings. The molecular weight excluding hydrogens is 160 g/mol. The minimum Gasteiger partial charge on any atom is -0.313 e. The van der Waals surface area contributed by atoms with Gasteiger partial charge in [-0.15, -0.1) is 0 Å². The van der Waals surface area contributed by atoms with Crippen LogP contribution in [0, 0.1) is 0 Å². The third-order valence-electron chi connectivity index (χ3n) is 2.84. The standard InChI is InChI=1S/C11H24N2/c1-3-4-9-13(2)10-11-7-5-6-8-12-11/h11-12H,3-10H2,1-2H3/t11-/m0/s1. The molecule has 0 radical (unpaired) electrons. The van der Waals surface area contributed by atoms with Crippen molar-refractivity contribution in [1.82, 2.24) is 10.2 Å². The average molecular weight is 184 g/mol. The molecule has 0 aromatic heterocycles. The summed E-state index contributed by atoms with van der Waals surface area (Å²) in [5.41, 5.74) is 0. The van der Waals surface area contributed by atoms with Crippen molar-refractivity contribution in [3.63, 3.8) is 0 Å². The van der Waals surface area contributed by atoms with Crippen LogP contribution in [0.4, 0.5) is 0 Å². The molecule has 78 valence electrons. The lowest BCUT2D eigenvalue weighted by atomic mass is 10.0. The maximum Gasteiger partial charge on any atom is 0.0194 e. The van der Waals surface area contributed by atoms with Gasteiger partial charge in [0.05, 0.1) is 0 Å². The van der Waals surface area contributed by atoms with Gasteiger partial charge in [-0.3, -0.25) is 0 Å². The third kappa shape index (κ3) is 4.63. The van der Waals surface area contributed by atoms with Gasteiger partial charge in [0.1, 0.15) is 0 Å². The van der Waals surface area contributed by atoms with Gasteiger partial charge in [-0.25, -0.2) is 0 Å². The first-order valence-electron chi connectivity index (χ1n) is 5.75. The molecule has 1 atom stereocenters.